The molecule has 1 N–H and O–H groups in total. The Balaban J connectivity index is 1.56. The Kier molecular flexibility index (Phi) is 6.31. The van der Waals surface area contributed by atoms with Crippen molar-refractivity contribution >= 4 is 51.7 Å². The van der Waals surface area contributed by atoms with Gasteiger partial charge in [0, 0.05) is 18.3 Å². The number of amides is 1. The number of rotatable bonds is 4. The van der Waals surface area contributed by atoms with Crippen molar-refractivity contribution in [3.05, 3.63) is 44.7 Å². The van der Waals surface area contributed by atoms with Crippen molar-refractivity contribution in [1.29, 1.82) is 0 Å². The number of fused-ring (bicyclic) bond motifs is 1. The summed E-state index contributed by atoms with van der Waals surface area (Å²) in [7, 11) is 0. The predicted molar refractivity (Wildman–Crippen MR) is 139 cm³/mol. The number of carbonyl (C=O) groups excluding carboxylic acids is 1. The van der Waals surface area contributed by atoms with E-state index in [0.717, 1.165) is 50.0 Å². The molecule has 0 atom stereocenters. The van der Waals surface area contributed by atoms with Crippen LogP contribution in [0.25, 0.3) is 11.7 Å². The molecule has 2 aromatic heterocycles. The molecule has 33 heavy (non-hydrogen) atoms. The van der Waals surface area contributed by atoms with Gasteiger partial charge in [-0.15, -0.1) is 0 Å². The molecular weight excluding hydrogens is 452 g/mol. The van der Waals surface area contributed by atoms with Crippen molar-refractivity contribution in [3.63, 3.8) is 0 Å². The van der Waals surface area contributed by atoms with Crippen molar-refractivity contribution in [2.75, 3.05) is 5.32 Å². The van der Waals surface area contributed by atoms with E-state index < -0.39 is 0 Å². The zero-order valence-electron chi connectivity index (χ0n) is 19.2. The summed E-state index contributed by atoms with van der Waals surface area (Å²) in [6.45, 7) is 4.25. The highest BCUT2D eigenvalue weighted by Crippen LogP contribution is 2.38. The summed E-state index contributed by atoms with van der Waals surface area (Å²) < 4.78 is 2.17. The summed E-state index contributed by atoms with van der Waals surface area (Å²) in [6, 6.07) is 4.27. The summed E-state index contributed by atoms with van der Waals surface area (Å²) >= 11 is 6.86. The molecule has 1 amide bonds. The van der Waals surface area contributed by atoms with Crippen LogP contribution in [0.15, 0.2) is 28.0 Å². The van der Waals surface area contributed by atoms with Gasteiger partial charge in [0.1, 0.15) is 15.8 Å². The number of anilines is 1. The van der Waals surface area contributed by atoms with E-state index in [1.807, 2.05) is 19.1 Å². The molecule has 5 rings (SSSR count). The monoisotopic (exact) mass is 482 g/mol. The molecule has 3 aliphatic rings. The van der Waals surface area contributed by atoms with Crippen LogP contribution in [-0.4, -0.2) is 36.6 Å². The number of hydrogen-bond acceptors (Lipinski definition) is 6. The van der Waals surface area contributed by atoms with Gasteiger partial charge in [-0.3, -0.25) is 18.9 Å². The molecule has 0 bridgehead atoms. The highest BCUT2D eigenvalue weighted by Gasteiger charge is 2.38. The predicted octanol–water partition coefficient (Wildman–Crippen LogP) is 5.14. The second-order valence-corrected chi connectivity index (χ2v) is 11.3. The number of thioether (sulfide) groups is 1. The maximum Gasteiger partial charge on any atom is 0.267 e. The van der Waals surface area contributed by atoms with Crippen LogP contribution in [-0.2, 0) is 4.79 Å². The van der Waals surface area contributed by atoms with Gasteiger partial charge < -0.3 is 5.32 Å². The largest absolute Gasteiger partial charge is 0.367 e. The lowest BCUT2D eigenvalue weighted by molar-refractivity contribution is -0.123. The van der Waals surface area contributed by atoms with Crippen LogP contribution in [0.3, 0.4) is 0 Å². The van der Waals surface area contributed by atoms with Crippen molar-refractivity contribution in [1.82, 2.24) is 14.3 Å². The fourth-order valence-electron chi connectivity index (χ4n) is 5.24. The van der Waals surface area contributed by atoms with E-state index in [4.69, 9.17) is 17.2 Å². The number of hydrogen-bond donors (Lipinski definition) is 1. The molecule has 3 fully saturated rings. The van der Waals surface area contributed by atoms with Crippen molar-refractivity contribution in [2.24, 2.45) is 5.92 Å². The molecule has 0 spiro atoms. The minimum absolute atomic E-state index is 0.0805. The number of pyridine rings is 1. The number of thiocarbonyl (C=S) groups is 1. The molecule has 1 aliphatic heterocycles. The van der Waals surface area contributed by atoms with Gasteiger partial charge in [-0.05, 0) is 69.1 Å². The quantitative estimate of drug-likeness (QED) is 0.481. The first kappa shape index (κ1) is 22.6. The van der Waals surface area contributed by atoms with Crippen LogP contribution in [0.5, 0.6) is 0 Å². The number of aryl methyl sites for hydroxylation is 1. The topological polar surface area (TPSA) is 66.7 Å². The summed E-state index contributed by atoms with van der Waals surface area (Å²) in [5.41, 5.74) is 1.85. The second-order valence-electron chi connectivity index (χ2n) is 9.66. The molecule has 2 saturated carbocycles. The lowest BCUT2D eigenvalue weighted by atomic mass is 9.87. The van der Waals surface area contributed by atoms with Gasteiger partial charge in [0.25, 0.3) is 11.5 Å². The molecule has 1 saturated heterocycles. The maximum absolute atomic E-state index is 13.6. The molecule has 0 unspecified atom stereocenters. The lowest BCUT2D eigenvalue weighted by Crippen LogP contribution is -2.36. The third-order valence-electron chi connectivity index (χ3n) is 7.23. The van der Waals surface area contributed by atoms with Crippen molar-refractivity contribution in [3.8, 4) is 0 Å². The Labute approximate surface area is 203 Å². The van der Waals surface area contributed by atoms with Gasteiger partial charge in [-0.1, -0.05) is 49.8 Å². The van der Waals surface area contributed by atoms with Crippen LogP contribution in [0.4, 0.5) is 5.82 Å². The first-order chi connectivity index (χ1) is 15.9. The number of carbonyl (C=O) groups is 1. The Morgan fingerprint density at radius 1 is 1.15 bits per heavy atom. The summed E-state index contributed by atoms with van der Waals surface area (Å²) in [5.74, 6) is 1.22. The first-order valence-corrected chi connectivity index (χ1v) is 13.2. The summed E-state index contributed by atoms with van der Waals surface area (Å²) in [5, 5.41) is 3.56. The summed E-state index contributed by atoms with van der Waals surface area (Å²) in [6.07, 6.45) is 12.1. The molecular formula is C25H30N4O2S2. The fraction of sp³-hybridized carbons (Fsp3) is 0.520. The average molecular weight is 483 g/mol. The van der Waals surface area contributed by atoms with E-state index in [0.29, 0.717) is 26.3 Å². The molecule has 6 nitrogen and oxygen atoms in total. The van der Waals surface area contributed by atoms with E-state index in [9.17, 15) is 9.59 Å². The Morgan fingerprint density at radius 2 is 1.88 bits per heavy atom. The second kappa shape index (κ2) is 9.22. The van der Waals surface area contributed by atoms with Crippen LogP contribution in [0.2, 0.25) is 0 Å². The molecule has 0 radical (unpaired) electrons. The third kappa shape index (κ3) is 4.35. The fourth-order valence-corrected chi connectivity index (χ4v) is 6.62. The van der Waals surface area contributed by atoms with Crippen molar-refractivity contribution in [2.45, 2.75) is 77.3 Å². The van der Waals surface area contributed by atoms with Crippen LogP contribution < -0.4 is 10.9 Å². The molecule has 174 valence electrons. The third-order valence-corrected chi connectivity index (χ3v) is 8.56. The molecule has 3 heterocycles. The van der Waals surface area contributed by atoms with E-state index in [1.165, 1.54) is 24.6 Å². The van der Waals surface area contributed by atoms with E-state index >= 15 is 0 Å². The summed E-state index contributed by atoms with van der Waals surface area (Å²) in [4.78, 5) is 34.0. The number of aromatic nitrogens is 2. The van der Waals surface area contributed by atoms with E-state index in [-0.39, 0.29) is 23.6 Å². The lowest BCUT2D eigenvalue weighted by Gasteiger charge is -2.28. The Morgan fingerprint density at radius 3 is 2.61 bits per heavy atom. The van der Waals surface area contributed by atoms with Crippen molar-refractivity contribution < 1.29 is 4.79 Å². The minimum Gasteiger partial charge on any atom is -0.367 e. The zero-order chi connectivity index (χ0) is 23.1. The Hall–Kier alpha value is -2.19. The van der Waals surface area contributed by atoms with Gasteiger partial charge in [-0.25, -0.2) is 4.98 Å². The van der Waals surface area contributed by atoms with Gasteiger partial charge in [0.15, 0.2) is 0 Å². The van der Waals surface area contributed by atoms with E-state index in [1.54, 1.807) is 21.6 Å². The average Bonchev–Trinajstić information content (AvgIpc) is 3.41. The normalized spacial score (nSPS) is 25.5. The van der Waals surface area contributed by atoms with Crippen LogP contribution in [0, 0.1) is 12.8 Å². The number of nitrogens with one attached hydrogen (secondary N) is 1. The first-order valence-electron chi connectivity index (χ1n) is 12.0. The maximum atomic E-state index is 13.6. The highest BCUT2D eigenvalue weighted by atomic mass is 32.2. The van der Waals surface area contributed by atoms with Gasteiger partial charge >= 0.3 is 0 Å². The van der Waals surface area contributed by atoms with Crippen LogP contribution in [0.1, 0.15) is 69.4 Å². The zero-order valence-corrected chi connectivity index (χ0v) is 20.8. The van der Waals surface area contributed by atoms with E-state index in [2.05, 4.69) is 12.2 Å². The standard InChI is InChI=1S/C25H30N4O2S2/c1-15-9-11-17(12-10-15)26-21-19(23(30)28-13-5-6-16(2)22(28)27-21)14-20-24(31)29(25(32)33-20)18-7-3-4-8-18/h5-6,13-15,17-18,26H,3-4,7-12H2,1-2H3/b20-14+. The SMILES string of the molecule is Cc1cccn2c(=O)c(/C=C3/SC(=S)N(C4CCCC4)C3=O)c(NC3CCC(C)CC3)nc12. The van der Waals surface area contributed by atoms with Gasteiger partial charge in [0.2, 0.25) is 0 Å². The smallest absolute Gasteiger partial charge is 0.267 e. The van der Waals surface area contributed by atoms with Gasteiger partial charge in [-0.2, -0.15) is 0 Å². The molecule has 0 aromatic carbocycles. The molecule has 2 aromatic rings. The van der Waals surface area contributed by atoms with Gasteiger partial charge in [0.05, 0.1) is 10.5 Å². The Bertz CT molecular complexity index is 1190. The molecule has 2 aliphatic carbocycles. The highest BCUT2D eigenvalue weighted by molar-refractivity contribution is 8.26. The number of nitrogens with zero attached hydrogens (tertiary/aromatic N) is 3. The molecule has 8 heteroatoms. The minimum atomic E-state index is -0.165. The van der Waals surface area contributed by atoms with Crippen LogP contribution >= 0.6 is 24.0 Å².